The Hall–Kier alpha value is -1.39. The van der Waals surface area contributed by atoms with Crippen LogP contribution in [0, 0.1) is 11.8 Å². The number of benzene rings is 1. The number of likely N-dealkylation sites (tertiary alicyclic amines) is 1. The van der Waals surface area contributed by atoms with Crippen LogP contribution in [-0.4, -0.2) is 41.7 Å². The summed E-state index contributed by atoms with van der Waals surface area (Å²) in [7, 11) is 0. The van der Waals surface area contributed by atoms with E-state index in [0.717, 1.165) is 25.8 Å². The lowest BCUT2D eigenvalue weighted by molar-refractivity contribution is -0.137. The molecule has 1 amide bonds. The molecule has 1 aliphatic rings. The highest BCUT2D eigenvalue weighted by atomic mass is 16.5. The van der Waals surface area contributed by atoms with Crippen LogP contribution in [0.3, 0.4) is 0 Å². The number of carbonyl (C=O) groups is 1. The number of aliphatic hydroxyl groups is 1. The molecule has 0 spiro atoms. The number of nitrogens with zero attached hydrogens (tertiary/aromatic N) is 1. The first-order valence-electron chi connectivity index (χ1n) is 8.64. The number of rotatable bonds is 8. The van der Waals surface area contributed by atoms with Crippen molar-refractivity contribution >= 4 is 5.91 Å². The lowest BCUT2D eigenvalue weighted by Crippen LogP contribution is -2.41. The predicted molar refractivity (Wildman–Crippen MR) is 90.9 cm³/mol. The number of hydrogen-bond donors (Lipinski definition) is 1. The molecule has 128 valence electrons. The molecule has 0 aliphatic carbocycles. The Balaban J connectivity index is 1.71. The molecule has 1 fully saturated rings. The van der Waals surface area contributed by atoms with Crippen LogP contribution >= 0.6 is 0 Å². The molecule has 1 aromatic carbocycles. The van der Waals surface area contributed by atoms with Gasteiger partial charge in [-0.15, -0.1) is 0 Å². The van der Waals surface area contributed by atoms with Crippen molar-refractivity contribution in [1.82, 2.24) is 4.90 Å². The Kier molecular flexibility index (Phi) is 7.06. The zero-order chi connectivity index (χ0) is 16.7. The van der Waals surface area contributed by atoms with Gasteiger partial charge in [0.2, 0.25) is 5.91 Å². The molecule has 4 heteroatoms. The Morgan fingerprint density at radius 2 is 2.09 bits per heavy atom. The van der Waals surface area contributed by atoms with Gasteiger partial charge in [-0.1, -0.05) is 44.2 Å². The van der Waals surface area contributed by atoms with Gasteiger partial charge < -0.3 is 14.7 Å². The zero-order valence-electron chi connectivity index (χ0n) is 14.3. The van der Waals surface area contributed by atoms with Gasteiger partial charge in [0.25, 0.3) is 0 Å². The van der Waals surface area contributed by atoms with Crippen LogP contribution in [0.2, 0.25) is 0 Å². The van der Waals surface area contributed by atoms with Crippen molar-refractivity contribution in [3.8, 4) is 0 Å². The molecule has 1 N–H and O–H groups in total. The molecule has 0 bridgehead atoms. The Labute approximate surface area is 139 Å². The van der Waals surface area contributed by atoms with E-state index in [4.69, 9.17) is 4.74 Å². The van der Waals surface area contributed by atoms with E-state index < -0.39 is 0 Å². The van der Waals surface area contributed by atoms with Crippen molar-refractivity contribution in [2.24, 2.45) is 11.8 Å². The van der Waals surface area contributed by atoms with Crippen molar-refractivity contribution in [2.75, 3.05) is 19.8 Å². The molecule has 23 heavy (non-hydrogen) atoms. The number of amides is 1. The van der Waals surface area contributed by atoms with Crippen molar-refractivity contribution < 1.29 is 14.6 Å². The summed E-state index contributed by atoms with van der Waals surface area (Å²) < 4.78 is 5.76. The summed E-state index contributed by atoms with van der Waals surface area (Å²) in [5.74, 6) is 0.502. The lowest BCUT2D eigenvalue weighted by Gasteiger charge is -2.27. The van der Waals surface area contributed by atoms with E-state index in [1.165, 1.54) is 5.56 Å². The lowest BCUT2D eigenvalue weighted by atomic mass is 9.96. The van der Waals surface area contributed by atoms with E-state index in [0.29, 0.717) is 19.1 Å². The summed E-state index contributed by atoms with van der Waals surface area (Å²) in [6.07, 6.45) is 2.74. The molecule has 0 aromatic heterocycles. The molecule has 0 saturated carbocycles. The molecule has 0 radical (unpaired) electrons. The molecular weight excluding hydrogens is 290 g/mol. The fraction of sp³-hybridized carbons (Fsp3) is 0.632. The predicted octanol–water partition coefficient (Wildman–Crippen LogP) is 2.85. The first-order valence-corrected chi connectivity index (χ1v) is 8.64. The van der Waals surface area contributed by atoms with E-state index in [9.17, 15) is 9.90 Å². The SMILES string of the molecule is C[C@@H](COCc1ccccc1)C[C@@H](C)C(=O)N1CCC[C@H]1CO. The molecule has 0 unspecified atom stereocenters. The second-order valence-electron chi connectivity index (χ2n) is 6.75. The zero-order valence-corrected chi connectivity index (χ0v) is 14.3. The first kappa shape index (κ1) is 18.0. The van der Waals surface area contributed by atoms with Crippen LogP contribution in [0.25, 0.3) is 0 Å². The van der Waals surface area contributed by atoms with E-state index in [1.807, 2.05) is 30.0 Å². The van der Waals surface area contributed by atoms with Crippen LogP contribution in [0.15, 0.2) is 30.3 Å². The largest absolute Gasteiger partial charge is 0.394 e. The van der Waals surface area contributed by atoms with Crippen LogP contribution in [-0.2, 0) is 16.1 Å². The molecule has 2 rings (SSSR count). The molecule has 3 atom stereocenters. The molecular formula is C19H29NO3. The number of ether oxygens (including phenoxy) is 1. The first-order chi connectivity index (χ1) is 11.1. The molecule has 1 heterocycles. The molecule has 1 aromatic rings. The summed E-state index contributed by atoms with van der Waals surface area (Å²) in [6, 6.07) is 10.2. The van der Waals surface area contributed by atoms with Crippen LogP contribution in [0.4, 0.5) is 0 Å². The molecule has 1 aliphatic heterocycles. The normalized spacial score (nSPS) is 20.5. The maximum absolute atomic E-state index is 12.5. The quantitative estimate of drug-likeness (QED) is 0.801. The Bertz CT molecular complexity index is 477. The fourth-order valence-corrected chi connectivity index (χ4v) is 3.32. The minimum atomic E-state index is -0.0162. The van der Waals surface area contributed by atoms with Crippen molar-refractivity contribution in [2.45, 2.75) is 45.8 Å². The van der Waals surface area contributed by atoms with Crippen molar-refractivity contribution in [1.29, 1.82) is 0 Å². The monoisotopic (exact) mass is 319 g/mol. The second kappa shape index (κ2) is 9.04. The minimum absolute atomic E-state index is 0.0162. The van der Waals surface area contributed by atoms with Crippen molar-refractivity contribution in [3.05, 3.63) is 35.9 Å². The minimum Gasteiger partial charge on any atom is -0.394 e. The number of carbonyl (C=O) groups excluding carboxylic acids is 1. The smallest absolute Gasteiger partial charge is 0.225 e. The number of aliphatic hydroxyl groups excluding tert-OH is 1. The van der Waals surface area contributed by atoms with Crippen LogP contribution in [0.5, 0.6) is 0 Å². The standard InChI is InChI=1S/C19H29NO3/c1-15(13-23-14-17-7-4-3-5-8-17)11-16(2)19(22)20-10-6-9-18(20)12-21/h3-5,7-8,15-16,18,21H,6,9-14H2,1-2H3/t15-,16-,18+/m1/s1. The summed E-state index contributed by atoms with van der Waals surface area (Å²) in [6.45, 7) is 6.26. The van der Waals surface area contributed by atoms with Gasteiger partial charge in [0, 0.05) is 19.1 Å². The highest BCUT2D eigenvalue weighted by Crippen LogP contribution is 2.22. The average molecular weight is 319 g/mol. The van der Waals surface area contributed by atoms with E-state index in [-0.39, 0.29) is 24.5 Å². The van der Waals surface area contributed by atoms with Gasteiger partial charge in [-0.05, 0) is 30.7 Å². The van der Waals surface area contributed by atoms with Gasteiger partial charge in [0.05, 0.1) is 19.3 Å². The van der Waals surface area contributed by atoms with Crippen LogP contribution in [0.1, 0.15) is 38.7 Å². The van der Waals surface area contributed by atoms with Crippen LogP contribution < -0.4 is 0 Å². The number of hydrogen-bond acceptors (Lipinski definition) is 3. The maximum Gasteiger partial charge on any atom is 0.225 e. The van der Waals surface area contributed by atoms with Gasteiger partial charge in [-0.2, -0.15) is 0 Å². The summed E-state index contributed by atoms with van der Waals surface area (Å²) >= 11 is 0. The molecule has 1 saturated heterocycles. The third-order valence-electron chi connectivity index (χ3n) is 4.56. The van der Waals surface area contributed by atoms with Gasteiger partial charge >= 0.3 is 0 Å². The van der Waals surface area contributed by atoms with E-state index in [2.05, 4.69) is 19.1 Å². The van der Waals surface area contributed by atoms with Gasteiger partial charge in [-0.25, -0.2) is 0 Å². The van der Waals surface area contributed by atoms with Gasteiger partial charge in [-0.3, -0.25) is 4.79 Å². The second-order valence-corrected chi connectivity index (χ2v) is 6.75. The van der Waals surface area contributed by atoms with Crippen molar-refractivity contribution in [3.63, 3.8) is 0 Å². The summed E-state index contributed by atoms with van der Waals surface area (Å²) in [4.78, 5) is 14.4. The highest BCUT2D eigenvalue weighted by Gasteiger charge is 2.31. The third kappa shape index (κ3) is 5.33. The third-order valence-corrected chi connectivity index (χ3v) is 4.56. The summed E-state index contributed by atoms with van der Waals surface area (Å²) in [5, 5.41) is 9.36. The highest BCUT2D eigenvalue weighted by molar-refractivity contribution is 5.79. The van der Waals surface area contributed by atoms with Gasteiger partial charge in [0.15, 0.2) is 0 Å². The summed E-state index contributed by atoms with van der Waals surface area (Å²) in [5.41, 5.74) is 1.17. The molecule has 4 nitrogen and oxygen atoms in total. The average Bonchev–Trinajstić information content (AvgIpc) is 3.03. The van der Waals surface area contributed by atoms with E-state index in [1.54, 1.807) is 0 Å². The fourth-order valence-electron chi connectivity index (χ4n) is 3.32. The maximum atomic E-state index is 12.5. The Morgan fingerprint density at radius 3 is 2.78 bits per heavy atom. The van der Waals surface area contributed by atoms with E-state index >= 15 is 0 Å². The topological polar surface area (TPSA) is 49.8 Å². The van der Waals surface area contributed by atoms with Gasteiger partial charge in [0.1, 0.15) is 0 Å². The Morgan fingerprint density at radius 1 is 1.35 bits per heavy atom.